The third-order valence-electron chi connectivity index (χ3n) is 11.9. The van der Waals surface area contributed by atoms with Crippen LogP contribution in [0.1, 0.15) is 55.1 Å². The minimum absolute atomic E-state index is 0.00295. The fraction of sp³-hybridized carbons (Fsp3) is 0.390. The third kappa shape index (κ3) is 7.33. The number of para-hydroxylation sites is 1. The van der Waals surface area contributed by atoms with Crippen LogP contribution in [-0.2, 0) is 9.59 Å². The van der Waals surface area contributed by atoms with Crippen molar-refractivity contribution in [1.82, 2.24) is 44.5 Å². The van der Waals surface area contributed by atoms with Gasteiger partial charge in [0.2, 0.25) is 11.8 Å². The summed E-state index contributed by atoms with van der Waals surface area (Å²) in [7, 11) is 0. The Bertz CT molecular complexity index is 2330. The van der Waals surface area contributed by atoms with Crippen LogP contribution in [0, 0.1) is 0 Å². The molecule has 1 unspecified atom stereocenters. The van der Waals surface area contributed by atoms with E-state index in [9.17, 15) is 19.2 Å². The molecule has 7 heterocycles. The zero-order valence-corrected chi connectivity index (χ0v) is 31.5. The first kappa shape index (κ1) is 36.5. The van der Waals surface area contributed by atoms with Crippen LogP contribution in [0.5, 0.6) is 11.5 Å². The quantitative estimate of drug-likeness (QED) is 0.187. The Labute approximate surface area is 328 Å². The molecule has 294 valence electrons. The minimum Gasteiger partial charge on any atom is -0.457 e. The fourth-order valence-corrected chi connectivity index (χ4v) is 8.72. The summed E-state index contributed by atoms with van der Waals surface area (Å²) in [5.74, 6) is 0.425. The summed E-state index contributed by atoms with van der Waals surface area (Å²) in [5, 5.41) is 4.93. The molecule has 0 radical (unpaired) electrons. The van der Waals surface area contributed by atoms with Gasteiger partial charge in [-0.25, -0.2) is 19.7 Å². The number of hydrogen-bond donors (Lipinski definition) is 3. The smallest absolute Gasteiger partial charge is 0.335 e. The molecule has 3 aromatic heterocycles. The lowest BCUT2D eigenvalue weighted by Gasteiger charge is -2.50. The number of hydrogen-bond acceptors (Lipinski definition) is 12. The number of likely N-dealkylation sites (tertiary alicyclic amines) is 2. The molecule has 2 aromatic carbocycles. The Balaban J connectivity index is 0.772. The minimum atomic E-state index is -0.734. The number of imidazole rings is 1. The Hall–Kier alpha value is -6.13. The molecule has 1 atom stereocenters. The third-order valence-corrected chi connectivity index (χ3v) is 11.9. The van der Waals surface area contributed by atoms with Gasteiger partial charge in [-0.15, -0.1) is 0 Å². The molecule has 5 aromatic rings. The van der Waals surface area contributed by atoms with E-state index in [1.165, 1.54) is 6.33 Å². The van der Waals surface area contributed by atoms with Gasteiger partial charge in [0, 0.05) is 63.8 Å². The number of nitrogens with one attached hydrogen (secondary N) is 2. The lowest BCUT2D eigenvalue weighted by Crippen LogP contribution is -2.62. The van der Waals surface area contributed by atoms with E-state index in [1.54, 1.807) is 16.8 Å². The number of nitrogens with zero attached hydrogens (tertiary/aromatic N) is 8. The van der Waals surface area contributed by atoms with Gasteiger partial charge in [0.1, 0.15) is 35.1 Å². The van der Waals surface area contributed by atoms with Crippen molar-refractivity contribution in [3.63, 3.8) is 0 Å². The highest BCUT2D eigenvalue weighted by molar-refractivity contribution is 6.03. The molecule has 57 heavy (non-hydrogen) atoms. The SMILES string of the molecule is Nc1ncnc2c1n(-c1ccc(Oc3ccccc3)cc1)c(=O)n2C1CCN(C2CCN(C3CN(c4ccc(C(=O)NC5CCC(=O)NC5=O)nc4)C3)CC2)CC1. The topological polar surface area (TPSA) is 186 Å². The zero-order chi connectivity index (χ0) is 39.0. The number of nitrogens with two attached hydrogens (primary N) is 1. The Morgan fingerprint density at radius 2 is 1.42 bits per heavy atom. The average molecular weight is 772 g/mol. The normalized spacial score (nSPS) is 20.4. The van der Waals surface area contributed by atoms with Crippen LogP contribution in [0.15, 0.2) is 84.0 Å². The van der Waals surface area contributed by atoms with E-state index in [0.29, 0.717) is 34.7 Å². The number of anilines is 2. The van der Waals surface area contributed by atoms with Gasteiger partial charge in [-0.2, -0.15) is 0 Å². The lowest BCUT2D eigenvalue weighted by atomic mass is 9.95. The molecule has 3 amide bonds. The van der Waals surface area contributed by atoms with E-state index >= 15 is 0 Å². The zero-order valence-electron chi connectivity index (χ0n) is 31.5. The number of ether oxygens (including phenoxy) is 1. The van der Waals surface area contributed by atoms with Gasteiger partial charge >= 0.3 is 5.69 Å². The molecule has 4 saturated heterocycles. The second-order valence-electron chi connectivity index (χ2n) is 15.3. The molecule has 4 aliphatic heterocycles. The van der Waals surface area contributed by atoms with E-state index < -0.39 is 17.9 Å². The van der Waals surface area contributed by atoms with E-state index in [4.69, 9.17) is 10.5 Å². The number of aromatic nitrogens is 5. The number of amides is 3. The van der Waals surface area contributed by atoms with E-state index in [2.05, 4.69) is 40.3 Å². The first-order valence-corrected chi connectivity index (χ1v) is 19.7. The van der Waals surface area contributed by atoms with E-state index in [-0.39, 0.29) is 42.0 Å². The maximum absolute atomic E-state index is 14.2. The predicted molar refractivity (Wildman–Crippen MR) is 212 cm³/mol. The monoisotopic (exact) mass is 771 g/mol. The molecule has 0 bridgehead atoms. The number of carbonyl (C=O) groups is 3. The van der Waals surface area contributed by atoms with Gasteiger partial charge in [0.15, 0.2) is 11.5 Å². The molecule has 16 nitrogen and oxygen atoms in total. The first-order chi connectivity index (χ1) is 27.8. The summed E-state index contributed by atoms with van der Waals surface area (Å²) in [6.07, 6.45) is 7.51. The number of imide groups is 1. The van der Waals surface area contributed by atoms with E-state index in [0.717, 1.165) is 76.4 Å². The number of fused-ring (bicyclic) bond motifs is 1. The van der Waals surface area contributed by atoms with Crippen LogP contribution in [0.2, 0.25) is 0 Å². The number of benzene rings is 2. The van der Waals surface area contributed by atoms with Crippen LogP contribution < -0.4 is 31.7 Å². The van der Waals surface area contributed by atoms with Crippen molar-refractivity contribution < 1.29 is 19.1 Å². The van der Waals surface area contributed by atoms with Crippen LogP contribution in [0.3, 0.4) is 0 Å². The summed E-state index contributed by atoms with van der Waals surface area (Å²) < 4.78 is 9.42. The second-order valence-corrected chi connectivity index (χ2v) is 15.3. The lowest BCUT2D eigenvalue weighted by molar-refractivity contribution is -0.134. The molecule has 4 fully saturated rings. The molecular formula is C41H45N11O5. The summed E-state index contributed by atoms with van der Waals surface area (Å²) in [6, 6.07) is 20.8. The van der Waals surface area contributed by atoms with Crippen molar-refractivity contribution in [2.24, 2.45) is 0 Å². The van der Waals surface area contributed by atoms with E-state index in [1.807, 2.05) is 65.2 Å². The number of piperidine rings is 3. The molecule has 0 spiro atoms. The Kier molecular flexibility index (Phi) is 9.88. The Morgan fingerprint density at radius 1 is 0.754 bits per heavy atom. The highest BCUT2D eigenvalue weighted by atomic mass is 16.5. The molecule has 0 aliphatic carbocycles. The number of pyridine rings is 1. The number of rotatable bonds is 9. The van der Waals surface area contributed by atoms with Gasteiger partial charge in [-0.05, 0) is 80.6 Å². The summed E-state index contributed by atoms with van der Waals surface area (Å²) in [4.78, 5) is 70.9. The predicted octanol–water partition coefficient (Wildman–Crippen LogP) is 2.88. The highest BCUT2D eigenvalue weighted by Gasteiger charge is 2.37. The van der Waals surface area contributed by atoms with Crippen molar-refractivity contribution in [2.45, 2.75) is 62.7 Å². The largest absolute Gasteiger partial charge is 0.457 e. The van der Waals surface area contributed by atoms with Crippen molar-refractivity contribution in [3.8, 4) is 17.2 Å². The second kappa shape index (κ2) is 15.4. The van der Waals surface area contributed by atoms with Gasteiger partial charge in [-0.3, -0.25) is 33.7 Å². The number of carbonyl (C=O) groups excluding carboxylic acids is 3. The molecule has 4 aliphatic rings. The standard InChI is InChI=1S/C41H45N11O5/c42-37-36-38(45-25-44-37)52(41(56)51(36)27-6-9-32(10-7-27)57-31-4-2-1-3-5-31)28-16-20-48(21-17-28)26-14-18-49(19-15-26)30-23-50(24-30)29-8-11-33(43-22-29)39(54)46-34-12-13-35(53)47-40(34)55/h1-11,22,25-26,28,30,34H,12-21,23-24H2,(H,46,54)(H2,42,44,45)(H,47,53,55). The van der Waals surface area contributed by atoms with Crippen molar-refractivity contribution >= 4 is 40.4 Å². The van der Waals surface area contributed by atoms with Gasteiger partial charge in [-0.1, -0.05) is 18.2 Å². The molecule has 4 N–H and O–H groups in total. The van der Waals surface area contributed by atoms with Crippen molar-refractivity contribution in [2.75, 3.05) is 49.9 Å². The number of nitrogen functional groups attached to an aromatic ring is 1. The molecule has 16 heteroatoms. The van der Waals surface area contributed by atoms with Crippen LogP contribution in [-0.4, -0.2) is 109 Å². The van der Waals surface area contributed by atoms with Crippen LogP contribution >= 0.6 is 0 Å². The average Bonchev–Trinajstić information content (AvgIpc) is 3.52. The molecule has 9 rings (SSSR count). The highest BCUT2D eigenvalue weighted by Crippen LogP contribution is 2.32. The first-order valence-electron chi connectivity index (χ1n) is 19.7. The van der Waals surface area contributed by atoms with Crippen molar-refractivity contribution in [1.29, 1.82) is 0 Å². The van der Waals surface area contributed by atoms with Crippen LogP contribution in [0.4, 0.5) is 11.5 Å². The van der Waals surface area contributed by atoms with Gasteiger partial charge in [0.05, 0.1) is 17.6 Å². The van der Waals surface area contributed by atoms with Crippen molar-refractivity contribution in [3.05, 3.63) is 95.4 Å². The summed E-state index contributed by atoms with van der Waals surface area (Å²) in [5.41, 5.74) is 9.17. The van der Waals surface area contributed by atoms with Crippen LogP contribution in [0.25, 0.3) is 16.9 Å². The maximum Gasteiger partial charge on any atom is 0.335 e. The maximum atomic E-state index is 14.2. The molecular weight excluding hydrogens is 727 g/mol. The summed E-state index contributed by atoms with van der Waals surface area (Å²) >= 11 is 0. The Morgan fingerprint density at radius 3 is 2.11 bits per heavy atom. The van der Waals surface area contributed by atoms with Gasteiger partial charge < -0.3 is 25.6 Å². The molecule has 0 saturated carbocycles. The fourth-order valence-electron chi connectivity index (χ4n) is 8.72. The van der Waals surface area contributed by atoms with Gasteiger partial charge in [0.25, 0.3) is 5.91 Å². The summed E-state index contributed by atoms with van der Waals surface area (Å²) in [6.45, 7) is 5.71.